The number of H-pyrrole nitrogens is 4. The lowest BCUT2D eigenvalue weighted by Crippen LogP contribution is -2.29. The Hall–Kier alpha value is -7.84. The Morgan fingerprint density at radius 2 is 1.15 bits per heavy atom. The predicted molar refractivity (Wildman–Crippen MR) is 291 cm³/mol. The minimum absolute atomic E-state index is 0.387. The van der Waals surface area contributed by atoms with E-state index in [0.717, 1.165) is 141 Å². The van der Waals surface area contributed by atoms with E-state index in [0.29, 0.717) is 5.92 Å². The van der Waals surface area contributed by atoms with Gasteiger partial charge in [0.05, 0.1) is 45.7 Å². The number of benzene rings is 2. The summed E-state index contributed by atoms with van der Waals surface area (Å²) >= 11 is 0. The van der Waals surface area contributed by atoms with Crippen LogP contribution in [0.25, 0.3) is 89.2 Å². The van der Waals surface area contributed by atoms with Crippen LogP contribution in [0.3, 0.4) is 0 Å². The van der Waals surface area contributed by atoms with E-state index in [1.807, 2.05) is 49.1 Å². The summed E-state index contributed by atoms with van der Waals surface area (Å²) in [6.45, 7) is 16.8. The van der Waals surface area contributed by atoms with Gasteiger partial charge in [-0.2, -0.15) is 10.2 Å². The second kappa shape index (κ2) is 20.2. The van der Waals surface area contributed by atoms with Crippen LogP contribution >= 0.6 is 0 Å². The summed E-state index contributed by atoms with van der Waals surface area (Å²) < 4.78 is 0. The van der Waals surface area contributed by atoms with Crippen molar-refractivity contribution in [3.05, 3.63) is 128 Å². The van der Waals surface area contributed by atoms with Gasteiger partial charge in [0, 0.05) is 101 Å². The molecule has 2 aliphatic rings. The quantitative estimate of drug-likeness (QED) is 0.0654. The predicted octanol–water partition coefficient (Wildman–Crippen LogP) is 12.4. The van der Waals surface area contributed by atoms with Crippen LogP contribution in [0.2, 0.25) is 0 Å². The highest BCUT2D eigenvalue weighted by Crippen LogP contribution is 2.37. The zero-order chi connectivity index (χ0) is 48.3. The molecular formula is C57H62N14. The van der Waals surface area contributed by atoms with Crippen LogP contribution in [0.5, 0.6) is 0 Å². The fourth-order valence-electron chi connectivity index (χ4n) is 10.0. The van der Waals surface area contributed by atoms with Gasteiger partial charge in [0.25, 0.3) is 0 Å². The summed E-state index contributed by atoms with van der Waals surface area (Å²) in [7, 11) is 0. The van der Waals surface area contributed by atoms with E-state index in [1.54, 1.807) is 0 Å². The van der Waals surface area contributed by atoms with Crippen LogP contribution in [0.4, 0.5) is 17.1 Å². The lowest BCUT2D eigenvalue weighted by Gasteiger charge is -2.29. The first-order chi connectivity index (χ1) is 34.9. The highest BCUT2D eigenvalue weighted by Gasteiger charge is 2.21. The van der Waals surface area contributed by atoms with Gasteiger partial charge in [0.2, 0.25) is 0 Å². The molecule has 1 unspecified atom stereocenters. The van der Waals surface area contributed by atoms with Crippen LogP contribution in [-0.4, -0.2) is 83.0 Å². The third kappa shape index (κ3) is 9.47. The molecule has 10 aromatic rings. The normalized spacial score (nSPS) is 14.6. The summed E-state index contributed by atoms with van der Waals surface area (Å²) in [6.07, 6.45) is 16.1. The monoisotopic (exact) mass is 943 g/mol. The Kier molecular flexibility index (Phi) is 13.0. The molecule has 2 saturated heterocycles. The molecule has 0 amide bonds. The van der Waals surface area contributed by atoms with Gasteiger partial charge in [-0.25, -0.2) is 9.97 Å². The maximum absolute atomic E-state index is 5.02. The van der Waals surface area contributed by atoms with Gasteiger partial charge in [-0.15, -0.1) is 0 Å². The largest absolute Gasteiger partial charge is 0.371 e. The summed E-state index contributed by atoms with van der Waals surface area (Å²) in [4.78, 5) is 31.1. The van der Waals surface area contributed by atoms with Crippen molar-refractivity contribution >= 4 is 60.9 Å². The van der Waals surface area contributed by atoms with Crippen LogP contribution in [0.1, 0.15) is 71.3 Å². The van der Waals surface area contributed by atoms with Gasteiger partial charge in [-0.1, -0.05) is 39.5 Å². The maximum Gasteiger partial charge on any atom is 0.135 e. The molecule has 8 aromatic heterocycles. The van der Waals surface area contributed by atoms with Crippen molar-refractivity contribution in [2.45, 2.75) is 72.3 Å². The average Bonchev–Trinajstić information content (AvgIpc) is 4.25. The Morgan fingerprint density at radius 3 is 1.69 bits per heavy atom. The molecule has 0 saturated carbocycles. The van der Waals surface area contributed by atoms with E-state index in [1.165, 1.54) is 60.7 Å². The number of fused-ring (bicyclic) bond motifs is 4. The number of anilines is 3. The number of hydrogen-bond acceptors (Lipinski definition) is 10. The molecule has 6 N–H and O–H groups in total. The number of hydrogen-bond donors (Lipinski definition) is 6. The SMILES string of the molecule is C=C(Nc1cncc(-c2ccc3[nH]nc(-c4cc5c(N6CCCCC6)cccc5[nH]4)c3n2)c1)C(C)CC.CCNCc1cncc(-c2ccc3[nH]nc(-c4cc5c(N6CCCCC6)cccc5[nH]4)c3n2)c1. The van der Waals surface area contributed by atoms with E-state index in [2.05, 4.69) is 149 Å². The van der Waals surface area contributed by atoms with Gasteiger partial charge in [0.1, 0.15) is 22.4 Å². The topological polar surface area (TPSA) is 171 Å². The number of pyridine rings is 4. The molecule has 12 rings (SSSR count). The fraction of sp³-hybridized carbons (Fsp3) is 0.298. The smallest absolute Gasteiger partial charge is 0.135 e. The first-order valence-electron chi connectivity index (χ1n) is 25.4. The fourth-order valence-corrected chi connectivity index (χ4v) is 10.0. The van der Waals surface area contributed by atoms with E-state index < -0.39 is 0 Å². The van der Waals surface area contributed by atoms with Crippen LogP contribution < -0.4 is 20.4 Å². The van der Waals surface area contributed by atoms with Gasteiger partial charge in [-0.05, 0) is 136 Å². The zero-order valence-corrected chi connectivity index (χ0v) is 40.9. The third-order valence-corrected chi connectivity index (χ3v) is 14.2. The van der Waals surface area contributed by atoms with Gasteiger partial charge < -0.3 is 30.4 Å². The highest BCUT2D eigenvalue weighted by atomic mass is 15.2. The summed E-state index contributed by atoms with van der Waals surface area (Å²) in [5.74, 6) is 0.387. The molecule has 0 radical (unpaired) electrons. The molecule has 1 atom stereocenters. The summed E-state index contributed by atoms with van der Waals surface area (Å²) in [5.41, 5.74) is 18.7. The molecule has 2 aliphatic heterocycles. The Bertz CT molecular complexity index is 3470. The summed E-state index contributed by atoms with van der Waals surface area (Å²) in [5, 5.41) is 24.8. The molecule has 10 heterocycles. The first-order valence-corrected chi connectivity index (χ1v) is 25.4. The molecule has 0 bridgehead atoms. The zero-order valence-electron chi connectivity index (χ0n) is 40.9. The number of aromatic nitrogens is 10. The maximum atomic E-state index is 5.02. The van der Waals surface area contributed by atoms with Gasteiger partial charge in [0.15, 0.2) is 0 Å². The van der Waals surface area contributed by atoms with Crippen molar-refractivity contribution in [1.29, 1.82) is 0 Å². The molecule has 0 aliphatic carbocycles. The number of nitrogens with zero attached hydrogens (tertiary/aromatic N) is 8. The second-order valence-electron chi connectivity index (χ2n) is 19.1. The first kappa shape index (κ1) is 45.6. The third-order valence-electron chi connectivity index (χ3n) is 14.2. The molecule has 2 aromatic carbocycles. The number of rotatable bonds is 13. The number of nitrogens with one attached hydrogen (secondary N) is 6. The van der Waals surface area contributed by atoms with Crippen molar-refractivity contribution < 1.29 is 0 Å². The minimum Gasteiger partial charge on any atom is -0.371 e. The Balaban J connectivity index is 0.000000155. The molecule has 2 fully saturated rings. The van der Waals surface area contributed by atoms with E-state index >= 15 is 0 Å². The Morgan fingerprint density at radius 1 is 0.620 bits per heavy atom. The van der Waals surface area contributed by atoms with E-state index in [4.69, 9.17) is 9.97 Å². The van der Waals surface area contributed by atoms with Crippen LogP contribution in [0, 0.1) is 5.92 Å². The molecular weight excluding hydrogens is 881 g/mol. The van der Waals surface area contributed by atoms with Crippen molar-refractivity contribution in [2.24, 2.45) is 5.92 Å². The average molecular weight is 943 g/mol. The Labute approximate surface area is 413 Å². The van der Waals surface area contributed by atoms with Crippen molar-refractivity contribution in [3.8, 4) is 45.3 Å². The van der Waals surface area contributed by atoms with Gasteiger partial charge in [-0.3, -0.25) is 20.2 Å². The molecule has 71 heavy (non-hydrogen) atoms. The van der Waals surface area contributed by atoms with Gasteiger partial charge >= 0.3 is 0 Å². The van der Waals surface area contributed by atoms with E-state index in [9.17, 15) is 0 Å². The molecule has 14 heteroatoms. The highest BCUT2D eigenvalue weighted by molar-refractivity contribution is 6.01. The second-order valence-corrected chi connectivity index (χ2v) is 19.1. The van der Waals surface area contributed by atoms with Crippen molar-refractivity contribution in [1.82, 2.24) is 55.6 Å². The minimum atomic E-state index is 0.387. The number of aromatic amines is 4. The standard InChI is InChI=1S/C30H33N7.C27H29N7/c1-4-19(2)20(3)32-22-15-21(17-31-18-22)24-11-12-26-29(34-24)30(36-35-26)27-16-23-25(33-27)9-8-10-28(23)37-13-6-5-7-14-37;1-2-28-15-18-13-19(17-29-16-18)21-9-10-23-26(31-21)27(33-32-23)24-14-20-22(30-24)7-6-8-25(20)34-11-4-3-5-12-34/h8-12,15-19,32-33H,3-7,13-14H2,1-2H3,(H,35,36);6-10,13-14,16-17,28,30H,2-5,11-12,15H2,1H3,(H,32,33). The van der Waals surface area contributed by atoms with Crippen LogP contribution in [0.15, 0.2) is 122 Å². The number of piperidine rings is 2. The lowest BCUT2D eigenvalue weighted by atomic mass is 10.1. The molecule has 14 nitrogen and oxygen atoms in total. The molecule has 360 valence electrons. The van der Waals surface area contributed by atoms with E-state index in [-0.39, 0.29) is 0 Å². The molecule has 0 spiro atoms. The summed E-state index contributed by atoms with van der Waals surface area (Å²) in [6, 6.07) is 29.8. The van der Waals surface area contributed by atoms with Crippen molar-refractivity contribution in [2.75, 3.05) is 47.8 Å². The van der Waals surface area contributed by atoms with Crippen LogP contribution in [-0.2, 0) is 6.54 Å². The lowest BCUT2D eigenvalue weighted by molar-refractivity contribution is 0.579. The van der Waals surface area contributed by atoms with Crippen molar-refractivity contribution in [3.63, 3.8) is 0 Å². The number of allylic oxidation sites excluding steroid dienone is 1.